The van der Waals surface area contributed by atoms with Gasteiger partial charge < -0.3 is 26.0 Å². The number of hydrogen-bond donors (Lipinski definition) is 3. The molecule has 0 bridgehead atoms. The number of amides is 4. The molecule has 9 nitrogen and oxygen atoms in total. The van der Waals surface area contributed by atoms with Gasteiger partial charge in [-0.05, 0) is 66.0 Å². The zero-order valence-electron chi connectivity index (χ0n) is 25.2. The number of ether oxygens (including phenoxy) is 1. The van der Waals surface area contributed by atoms with Crippen molar-refractivity contribution in [3.63, 3.8) is 0 Å². The lowest BCUT2D eigenvalue weighted by Gasteiger charge is -2.35. The van der Waals surface area contributed by atoms with Crippen molar-refractivity contribution in [1.29, 1.82) is 0 Å². The molecule has 2 atom stereocenters. The smallest absolute Gasteiger partial charge is 0.408 e. The quantitative estimate of drug-likeness (QED) is 0.271. The van der Waals surface area contributed by atoms with E-state index in [-0.39, 0.29) is 18.5 Å². The lowest BCUT2D eigenvalue weighted by Crippen LogP contribution is -2.54. The van der Waals surface area contributed by atoms with Gasteiger partial charge in [-0.25, -0.2) is 4.79 Å². The molecule has 0 saturated carbocycles. The van der Waals surface area contributed by atoms with Crippen molar-refractivity contribution in [1.82, 2.24) is 15.5 Å². The van der Waals surface area contributed by atoms with Gasteiger partial charge in [-0.3, -0.25) is 14.4 Å². The summed E-state index contributed by atoms with van der Waals surface area (Å²) in [5.74, 6) is -1.64. The highest BCUT2D eigenvalue weighted by molar-refractivity contribution is 5.94. The van der Waals surface area contributed by atoms with E-state index in [1.807, 2.05) is 45.9 Å². The first kappa shape index (κ1) is 33.9. The summed E-state index contributed by atoms with van der Waals surface area (Å²) < 4.78 is 5.34. The molecule has 0 spiro atoms. The monoisotopic (exact) mass is 546 g/mol. The Hall–Kier alpha value is -3.10. The second-order valence-electron chi connectivity index (χ2n) is 11.6. The zero-order chi connectivity index (χ0) is 29.8. The predicted octanol–water partition coefficient (Wildman–Crippen LogP) is 4.83. The molecule has 4 N–H and O–H groups in total. The fourth-order valence-corrected chi connectivity index (χ4v) is 4.43. The van der Waals surface area contributed by atoms with Gasteiger partial charge in [0.1, 0.15) is 17.7 Å². The summed E-state index contributed by atoms with van der Waals surface area (Å²) in [5, 5.41) is 5.48. The lowest BCUT2D eigenvalue weighted by molar-refractivity contribution is -0.143. The summed E-state index contributed by atoms with van der Waals surface area (Å²) >= 11 is 0. The maximum atomic E-state index is 14.1. The molecule has 1 aromatic carbocycles. The van der Waals surface area contributed by atoms with E-state index in [1.54, 1.807) is 20.8 Å². The van der Waals surface area contributed by atoms with Gasteiger partial charge in [-0.2, -0.15) is 0 Å². The number of nitrogens with one attached hydrogen (secondary N) is 2. The Kier molecular flexibility index (Phi) is 14.0. The number of primary amides is 1. The first-order valence-corrected chi connectivity index (χ1v) is 14.1. The SMILES string of the molecule is CCCCCCCCN(C(=O)C(CC(N)=O)NC(=O)OC(C)(C)C)C(C(=O)NC(C)C)c1ccc(C)cc1C. The Bertz CT molecular complexity index is 971. The predicted molar refractivity (Wildman–Crippen MR) is 154 cm³/mol. The number of alkyl carbamates (subject to hydrolysis) is 1. The minimum atomic E-state index is -1.28. The van der Waals surface area contributed by atoms with E-state index in [4.69, 9.17) is 10.5 Å². The van der Waals surface area contributed by atoms with Crippen LogP contribution in [0.25, 0.3) is 0 Å². The number of carbonyl (C=O) groups excluding carboxylic acids is 4. The molecule has 0 saturated heterocycles. The summed E-state index contributed by atoms with van der Waals surface area (Å²) in [6.07, 6.45) is 4.68. The van der Waals surface area contributed by atoms with Crippen molar-refractivity contribution in [2.24, 2.45) is 5.73 Å². The fourth-order valence-electron chi connectivity index (χ4n) is 4.43. The summed E-state index contributed by atoms with van der Waals surface area (Å²) in [4.78, 5) is 53.8. The molecular formula is C30H50N4O5. The fraction of sp³-hybridized carbons (Fsp3) is 0.667. The number of hydrogen-bond acceptors (Lipinski definition) is 5. The topological polar surface area (TPSA) is 131 Å². The molecule has 0 heterocycles. The van der Waals surface area contributed by atoms with Gasteiger partial charge in [0.2, 0.25) is 17.7 Å². The van der Waals surface area contributed by atoms with Crippen LogP contribution < -0.4 is 16.4 Å². The minimum absolute atomic E-state index is 0.155. The first-order chi connectivity index (χ1) is 18.2. The molecule has 1 rings (SSSR count). The van der Waals surface area contributed by atoms with Crippen LogP contribution in [-0.4, -0.2) is 52.9 Å². The third-order valence-corrected chi connectivity index (χ3v) is 6.14. The maximum absolute atomic E-state index is 14.1. The van der Waals surface area contributed by atoms with Crippen molar-refractivity contribution in [2.75, 3.05) is 6.54 Å². The highest BCUT2D eigenvalue weighted by atomic mass is 16.6. The number of carbonyl (C=O) groups is 4. The third kappa shape index (κ3) is 12.5. The van der Waals surface area contributed by atoms with Gasteiger partial charge >= 0.3 is 6.09 Å². The van der Waals surface area contributed by atoms with E-state index >= 15 is 0 Å². The third-order valence-electron chi connectivity index (χ3n) is 6.14. The second kappa shape index (κ2) is 16.1. The lowest BCUT2D eigenvalue weighted by atomic mass is 9.95. The Labute approximate surface area is 234 Å². The van der Waals surface area contributed by atoms with Crippen molar-refractivity contribution in [2.45, 2.75) is 124 Å². The Balaban J connectivity index is 3.50. The van der Waals surface area contributed by atoms with Crippen LogP contribution in [0.4, 0.5) is 4.79 Å². The van der Waals surface area contributed by atoms with Gasteiger partial charge in [0.15, 0.2) is 0 Å². The molecule has 0 radical (unpaired) electrons. The maximum Gasteiger partial charge on any atom is 0.408 e. The number of nitrogens with two attached hydrogens (primary N) is 1. The van der Waals surface area contributed by atoms with E-state index in [0.29, 0.717) is 12.0 Å². The summed E-state index contributed by atoms with van der Waals surface area (Å²) in [5.41, 5.74) is 7.26. The Morgan fingerprint density at radius 1 is 0.974 bits per heavy atom. The number of benzene rings is 1. The van der Waals surface area contributed by atoms with Crippen LogP contribution in [0.15, 0.2) is 18.2 Å². The summed E-state index contributed by atoms with van der Waals surface area (Å²) in [7, 11) is 0. The molecule has 9 heteroatoms. The van der Waals surface area contributed by atoms with E-state index in [9.17, 15) is 19.2 Å². The number of rotatable bonds is 15. The van der Waals surface area contributed by atoms with E-state index < -0.39 is 42.0 Å². The van der Waals surface area contributed by atoms with Crippen LogP contribution in [0.5, 0.6) is 0 Å². The molecular weight excluding hydrogens is 496 g/mol. The van der Waals surface area contributed by atoms with Crippen LogP contribution in [0.2, 0.25) is 0 Å². The van der Waals surface area contributed by atoms with E-state index in [1.165, 1.54) is 4.90 Å². The molecule has 220 valence electrons. The number of nitrogens with zero attached hydrogens (tertiary/aromatic N) is 1. The van der Waals surface area contributed by atoms with E-state index in [2.05, 4.69) is 17.6 Å². The molecule has 0 aliphatic rings. The average molecular weight is 547 g/mol. The molecule has 2 unspecified atom stereocenters. The van der Waals surface area contributed by atoms with Crippen molar-refractivity contribution < 1.29 is 23.9 Å². The highest BCUT2D eigenvalue weighted by Gasteiger charge is 2.37. The Morgan fingerprint density at radius 2 is 1.59 bits per heavy atom. The second-order valence-corrected chi connectivity index (χ2v) is 11.6. The standard InChI is InChI=1S/C30H50N4O5/c1-9-10-11-12-13-14-17-34(28(37)24(19-25(31)35)33-29(38)39-30(6,7)8)26(27(36)32-20(2)3)23-16-15-21(4)18-22(23)5/h15-16,18,20,24,26H,9-14,17,19H2,1-8H3,(H2,31,35)(H,32,36)(H,33,38). The van der Waals surface area contributed by atoms with Crippen LogP contribution in [0.1, 0.15) is 109 Å². The first-order valence-electron chi connectivity index (χ1n) is 14.1. The van der Waals surface area contributed by atoms with Gasteiger partial charge in [-0.1, -0.05) is 62.8 Å². The summed E-state index contributed by atoms with van der Waals surface area (Å²) in [6, 6.07) is 3.35. The molecule has 0 aromatic heterocycles. The minimum Gasteiger partial charge on any atom is -0.444 e. The van der Waals surface area contributed by atoms with Crippen LogP contribution >= 0.6 is 0 Å². The van der Waals surface area contributed by atoms with Gasteiger partial charge in [-0.15, -0.1) is 0 Å². The van der Waals surface area contributed by atoms with E-state index in [0.717, 1.165) is 43.2 Å². The normalized spacial score (nSPS) is 12.9. The largest absolute Gasteiger partial charge is 0.444 e. The van der Waals surface area contributed by atoms with Crippen LogP contribution in [0.3, 0.4) is 0 Å². The molecule has 1 aromatic rings. The summed E-state index contributed by atoms with van der Waals surface area (Å²) in [6.45, 7) is 15.1. The van der Waals surface area contributed by atoms with Crippen molar-refractivity contribution in [3.8, 4) is 0 Å². The van der Waals surface area contributed by atoms with Crippen molar-refractivity contribution in [3.05, 3.63) is 34.9 Å². The Morgan fingerprint density at radius 3 is 2.13 bits per heavy atom. The molecule has 0 fully saturated rings. The van der Waals surface area contributed by atoms with Gasteiger partial charge in [0.25, 0.3) is 0 Å². The molecule has 0 aliphatic carbocycles. The van der Waals surface area contributed by atoms with Crippen molar-refractivity contribution >= 4 is 23.8 Å². The molecule has 4 amide bonds. The highest BCUT2D eigenvalue weighted by Crippen LogP contribution is 2.27. The van der Waals surface area contributed by atoms with Gasteiger partial charge in [0.05, 0.1) is 6.42 Å². The molecule has 0 aliphatic heterocycles. The molecule has 39 heavy (non-hydrogen) atoms. The van der Waals surface area contributed by atoms with Crippen LogP contribution in [0, 0.1) is 13.8 Å². The number of unbranched alkanes of at least 4 members (excludes halogenated alkanes) is 5. The zero-order valence-corrected chi connectivity index (χ0v) is 25.2. The average Bonchev–Trinajstić information content (AvgIpc) is 2.78. The van der Waals surface area contributed by atoms with Crippen LogP contribution in [-0.2, 0) is 19.1 Å². The van der Waals surface area contributed by atoms with Gasteiger partial charge in [0, 0.05) is 12.6 Å². The number of aryl methyl sites for hydroxylation is 2.